The highest BCUT2D eigenvalue weighted by Crippen LogP contribution is 2.36. The molecule has 0 amide bonds. The predicted octanol–water partition coefficient (Wildman–Crippen LogP) is 3.92. The molecule has 1 aliphatic carbocycles. The van der Waals surface area contributed by atoms with Gasteiger partial charge >= 0.3 is 0 Å². The van der Waals surface area contributed by atoms with Gasteiger partial charge in [-0.2, -0.15) is 11.8 Å². The lowest BCUT2D eigenvalue weighted by molar-refractivity contribution is 0.303. The lowest BCUT2D eigenvalue weighted by Crippen LogP contribution is -2.45. The molecule has 1 aliphatic heterocycles. The Morgan fingerprint density at radius 1 is 1.22 bits per heavy atom. The first kappa shape index (κ1) is 14.6. The van der Waals surface area contributed by atoms with Gasteiger partial charge in [0.1, 0.15) is 0 Å². The summed E-state index contributed by atoms with van der Waals surface area (Å²) in [7, 11) is 0. The van der Waals surface area contributed by atoms with Crippen molar-refractivity contribution in [1.29, 1.82) is 0 Å². The van der Waals surface area contributed by atoms with Crippen LogP contribution in [0.25, 0.3) is 0 Å². The average molecular weight is 287 g/mol. The number of thioether (sulfide) groups is 2. The standard InChI is InChI=1S/C14H26N2S2/c1-17-11-7-3-6-10-15-13-16-14(12-18-13)8-4-2-5-9-14/h2-12H2,1H3,(H,15,16). The summed E-state index contributed by atoms with van der Waals surface area (Å²) in [6.45, 7) is 1.01. The molecule has 0 aromatic rings. The van der Waals surface area contributed by atoms with E-state index in [9.17, 15) is 0 Å². The van der Waals surface area contributed by atoms with Gasteiger partial charge in [0.15, 0.2) is 5.17 Å². The van der Waals surface area contributed by atoms with Gasteiger partial charge in [0, 0.05) is 17.8 Å². The van der Waals surface area contributed by atoms with Gasteiger partial charge in [0.05, 0.1) is 0 Å². The average Bonchev–Trinajstić information content (AvgIpc) is 2.78. The fraction of sp³-hybridized carbons (Fsp3) is 0.929. The van der Waals surface area contributed by atoms with Gasteiger partial charge < -0.3 is 5.32 Å². The molecule has 0 aromatic heterocycles. The van der Waals surface area contributed by atoms with Gasteiger partial charge in [-0.15, -0.1) is 0 Å². The summed E-state index contributed by atoms with van der Waals surface area (Å²) in [6, 6.07) is 0. The van der Waals surface area contributed by atoms with Crippen LogP contribution in [-0.2, 0) is 0 Å². The van der Waals surface area contributed by atoms with Crippen molar-refractivity contribution < 1.29 is 0 Å². The first-order valence-electron chi connectivity index (χ1n) is 7.29. The Morgan fingerprint density at radius 2 is 2.06 bits per heavy atom. The van der Waals surface area contributed by atoms with Gasteiger partial charge in [0.25, 0.3) is 0 Å². The minimum Gasteiger partial charge on any atom is -0.359 e. The van der Waals surface area contributed by atoms with Crippen LogP contribution >= 0.6 is 23.5 Å². The molecule has 0 aromatic carbocycles. The fourth-order valence-corrected chi connectivity index (χ4v) is 4.54. The van der Waals surface area contributed by atoms with Crippen molar-refractivity contribution in [2.24, 2.45) is 4.99 Å². The maximum absolute atomic E-state index is 4.73. The highest BCUT2D eigenvalue weighted by molar-refractivity contribution is 8.14. The van der Waals surface area contributed by atoms with E-state index in [2.05, 4.69) is 11.6 Å². The summed E-state index contributed by atoms with van der Waals surface area (Å²) >= 11 is 3.90. The molecule has 0 atom stereocenters. The normalized spacial score (nSPS) is 24.6. The van der Waals surface area contributed by atoms with Crippen LogP contribution in [-0.4, -0.2) is 35.0 Å². The quantitative estimate of drug-likeness (QED) is 0.749. The molecule has 1 heterocycles. The van der Waals surface area contributed by atoms with Crippen LogP contribution in [0.3, 0.4) is 0 Å². The molecule has 0 bridgehead atoms. The zero-order valence-corrected chi connectivity index (χ0v) is 13.2. The van der Waals surface area contributed by atoms with Crippen LogP contribution in [0.1, 0.15) is 51.4 Å². The lowest BCUT2D eigenvalue weighted by atomic mass is 9.83. The smallest absolute Gasteiger partial charge is 0.157 e. The first-order valence-corrected chi connectivity index (χ1v) is 9.67. The Bertz CT molecular complexity index is 273. The molecule has 2 aliphatic rings. The monoisotopic (exact) mass is 286 g/mol. The molecule has 4 heteroatoms. The molecular formula is C14H26N2S2. The highest BCUT2D eigenvalue weighted by Gasteiger charge is 2.37. The van der Waals surface area contributed by atoms with Gasteiger partial charge in [-0.05, 0) is 37.7 Å². The van der Waals surface area contributed by atoms with Crippen molar-refractivity contribution in [1.82, 2.24) is 5.32 Å². The SMILES string of the molecule is CSCCCCCN=C1NC2(CCCCC2)CS1. The molecule has 1 saturated carbocycles. The number of amidine groups is 1. The largest absolute Gasteiger partial charge is 0.359 e. The van der Waals surface area contributed by atoms with E-state index in [0.717, 1.165) is 6.54 Å². The van der Waals surface area contributed by atoms with Crippen molar-refractivity contribution >= 4 is 28.7 Å². The Kier molecular flexibility index (Phi) is 6.22. The molecule has 1 saturated heterocycles. The second-order valence-electron chi connectivity index (χ2n) is 5.49. The van der Waals surface area contributed by atoms with E-state index in [1.54, 1.807) is 0 Å². The van der Waals surface area contributed by atoms with E-state index in [1.807, 2.05) is 23.5 Å². The zero-order chi connectivity index (χ0) is 12.7. The molecule has 1 N–H and O–H groups in total. The van der Waals surface area contributed by atoms with E-state index >= 15 is 0 Å². The second kappa shape index (κ2) is 7.68. The van der Waals surface area contributed by atoms with Gasteiger partial charge in [-0.3, -0.25) is 4.99 Å². The Balaban J connectivity index is 1.65. The summed E-state index contributed by atoms with van der Waals surface area (Å²) in [4.78, 5) is 4.73. The molecule has 0 unspecified atom stereocenters. The van der Waals surface area contributed by atoms with Crippen LogP contribution in [0.4, 0.5) is 0 Å². The Morgan fingerprint density at radius 3 is 2.83 bits per heavy atom. The third kappa shape index (κ3) is 4.37. The molecule has 0 radical (unpaired) electrons. The van der Waals surface area contributed by atoms with Crippen LogP contribution in [0.5, 0.6) is 0 Å². The van der Waals surface area contributed by atoms with Crippen LogP contribution < -0.4 is 5.32 Å². The van der Waals surface area contributed by atoms with Gasteiger partial charge in [-0.25, -0.2) is 0 Å². The zero-order valence-electron chi connectivity index (χ0n) is 11.5. The Labute approximate surface area is 120 Å². The summed E-state index contributed by atoms with van der Waals surface area (Å²) in [5.41, 5.74) is 0.417. The second-order valence-corrected chi connectivity index (χ2v) is 7.44. The number of hydrogen-bond acceptors (Lipinski definition) is 3. The molecule has 1 spiro atoms. The lowest BCUT2D eigenvalue weighted by Gasteiger charge is -2.32. The van der Waals surface area contributed by atoms with E-state index < -0.39 is 0 Å². The summed E-state index contributed by atoms with van der Waals surface area (Å²) < 4.78 is 0. The number of rotatable bonds is 6. The minimum atomic E-state index is 0.417. The van der Waals surface area contributed by atoms with Gasteiger partial charge in [-0.1, -0.05) is 37.4 Å². The van der Waals surface area contributed by atoms with Crippen molar-refractivity contribution in [2.75, 3.05) is 24.3 Å². The number of unbranched alkanes of at least 4 members (excludes halogenated alkanes) is 2. The minimum absolute atomic E-state index is 0.417. The van der Waals surface area contributed by atoms with E-state index in [4.69, 9.17) is 4.99 Å². The number of aliphatic imine (C=N–C) groups is 1. The number of nitrogens with one attached hydrogen (secondary N) is 1. The molecule has 2 fully saturated rings. The molecule has 2 nitrogen and oxygen atoms in total. The summed E-state index contributed by atoms with van der Waals surface area (Å²) in [5.74, 6) is 2.55. The Hall–Kier alpha value is 0.170. The van der Waals surface area contributed by atoms with Crippen molar-refractivity contribution in [3.05, 3.63) is 0 Å². The topological polar surface area (TPSA) is 24.4 Å². The first-order chi connectivity index (χ1) is 8.85. The fourth-order valence-electron chi connectivity index (χ4n) is 2.80. The maximum Gasteiger partial charge on any atom is 0.157 e. The van der Waals surface area contributed by atoms with Crippen molar-refractivity contribution in [3.63, 3.8) is 0 Å². The van der Waals surface area contributed by atoms with Crippen LogP contribution in [0.2, 0.25) is 0 Å². The third-order valence-corrected chi connectivity index (χ3v) is 5.83. The van der Waals surface area contributed by atoms with Crippen LogP contribution in [0, 0.1) is 0 Å². The molecular weight excluding hydrogens is 260 g/mol. The van der Waals surface area contributed by atoms with E-state index in [-0.39, 0.29) is 0 Å². The molecule has 2 rings (SSSR count). The molecule has 18 heavy (non-hydrogen) atoms. The summed E-state index contributed by atoms with van der Waals surface area (Å²) in [6.07, 6.45) is 13.0. The van der Waals surface area contributed by atoms with E-state index in [0.29, 0.717) is 5.54 Å². The van der Waals surface area contributed by atoms with Gasteiger partial charge in [0.2, 0.25) is 0 Å². The number of nitrogens with zero attached hydrogens (tertiary/aromatic N) is 1. The number of hydrogen-bond donors (Lipinski definition) is 1. The predicted molar refractivity (Wildman–Crippen MR) is 85.9 cm³/mol. The van der Waals surface area contributed by atoms with Crippen LogP contribution in [0.15, 0.2) is 4.99 Å². The molecule has 104 valence electrons. The maximum atomic E-state index is 4.73. The highest BCUT2D eigenvalue weighted by atomic mass is 32.2. The summed E-state index contributed by atoms with van der Waals surface area (Å²) in [5, 5.41) is 4.94. The van der Waals surface area contributed by atoms with Crippen molar-refractivity contribution in [2.45, 2.75) is 56.9 Å². The third-order valence-electron chi connectivity index (χ3n) is 3.93. The van der Waals surface area contributed by atoms with Crippen molar-refractivity contribution in [3.8, 4) is 0 Å². The van der Waals surface area contributed by atoms with E-state index in [1.165, 1.54) is 68.0 Å².